The van der Waals surface area contributed by atoms with Crippen molar-refractivity contribution < 1.29 is 4.39 Å². The number of allylic oxidation sites excluding steroid dienone is 2. The number of aromatic nitrogens is 2. The number of hydrogen-bond donors (Lipinski definition) is 3. The average Bonchev–Trinajstić information content (AvgIpc) is 2.68. The highest BCUT2D eigenvalue weighted by molar-refractivity contribution is 6.35. The molecule has 0 fully saturated rings. The van der Waals surface area contributed by atoms with Gasteiger partial charge in [-0.2, -0.15) is 0 Å². The Morgan fingerprint density at radius 1 is 1.14 bits per heavy atom. The first kappa shape index (κ1) is 18.2. The summed E-state index contributed by atoms with van der Waals surface area (Å²) in [5, 5.41) is 9.37. The zero-order valence-electron chi connectivity index (χ0n) is 14.1. The first-order valence-electron chi connectivity index (χ1n) is 8.10. The van der Waals surface area contributed by atoms with Gasteiger partial charge in [-0.1, -0.05) is 23.2 Å². The van der Waals surface area contributed by atoms with Gasteiger partial charge in [-0.15, -0.1) is 0 Å². The van der Waals surface area contributed by atoms with E-state index in [4.69, 9.17) is 28.6 Å². The van der Waals surface area contributed by atoms with Crippen molar-refractivity contribution in [3.8, 4) is 0 Å². The molecule has 0 radical (unpaired) electrons. The second-order valence-corrected chi connectivity index (χ2v) is 6.77. The van der Waals surface area contributed by atoms with Gasteiger partial charge in [0, 0.05) is 23.0 Å². The summed E-state index contributed by atoms with van der Waals surface area (Å²) in [7, 11) is 0. The van der Waals surface area contributed by atoms with Gasteiger partial charge in [-0.25, -0.2) is 9.37 Å². The molecule has 0 aliphatic carbocycles. The number of benzene rings is 2. The van der Waals surface area contributed by atoms with E-state index >= 15 is 0 Å². The van der Waals surface area contributed by atoms with Crippen LogP contribution in [0, 0.1) is 11.2 Å². The van der Waals surface area contributed by atoms with Crippen molar-refractivity contribution in [2.75, 3.05) is 0 Å². The van der Waals surface area contributed by atoms with Gasteiger partial charge in [0.25, 0.3) is 5.56 Å². The number of rotatable bonds is 3. The molecule has 1 aliphatic heterocycles. The van der Waals surface area contributed by atoms with Crippen LogP contribution in [0.4, 0.5) is 4.39 Å². The summed E-state index contributed by atoms with van der Waals surface area (Å²) in [6, 6.07) is 8.44. The number of fused-ring (bicyclic) bond motifs is 1. The van der Waals surface area contributed by atoms with Crippen LogP contribution in [-0.2, 0) is 0 Å². The number of halogens is 3. The predicted molar refractivity (Wildman–Crippen MR) is 108 cm³/mol. The van der Waals surface area contributed by atoms with Crippen molar-refractivity contribution >= 4 is 45.5 Å². The van der Waals surface area contributed by atoms with Crippen LogP contribution >= 0.6 is 23.2 Å². The number of hydrazine groups is 1. The second-order valence-electron chi connectivity index (χ2n) is 5.93. The van der Waals surface area contributed by atoms with Crippen molar-refractivity contribution in [1.29, 1.82) is 5.41 Å². The lowest BCUT2D eigenvalue weighted by Crippen LogP contribution is -2.31. The number of nitrogens with one attached hydrogen (secondary N) is 3. The van der Waals surface area contributed by atoms with Crippen molar-refractivity contribution in [3.63, 3.8) is 0 Å². The molecule has 0 bridgehead atoms. The highest BCUT2D eigenvalue weighted by Crippen LogP contribution is 2.23. The zero-order valence-corrected chi connectivity index (χ0v) is 15.6. The second kappa shape index (κ2) is 7.10. The third kappa shape index (κ3) is 3.15. The smallest absolute Gasteiger partial charge is 0.266 e. The van der Waals surface area contributed by atoms with Crippen LogP contribution in [0.1, 0.15) is 11.4 Å². The highest BCUT2D eigenvalue weighted by atomic mass is 35.5. The lowest BCUT2D eigenvalue weighted by Gasteiger charge is -2.18. The van der Waals surface area contributed by atoms with Crippen LogP contribution < -0.4 is 16.4 Å². The maximum absolute atomic E-state index is 13.4. The van der Waals surface area contributed by atoms with E-state index in [2.05, 4.69) is 15.8 Å². The van der Waals surface area contributed by atoms with Crippen LogP contribution in [0.15, 0.2) is 59.7 Å². The molecule has 4 rings (SSSR count). The maximum Gasteiger partial charge on any atom is 0.266 e. The van der Waals surface area contributed by atoms with E-state index in [9.17, 15) is 9.18 Å². The summed E-state index contributed by atoms with van der Waals surface area (Å²) >= 11 is 12.2. The van der Waals surface area contributed by atoms with Crippen LogP contribution in [-0.4, -0.2) is 15.3 Å². The van der Waals surface area contributed by atoms with Gasteiger partial charge in [-0.05, 0) is 42.5 Å². The molecule has 6 nitrogen and oxygen atoms in total. The van der Waals surface area contributed by atoms with E-state index in [1.807, 2.05) is 0 Å². The normalized spacial score (nSPS) is 13.0. The fourth-order valence-electron chi connectivity index (χ4n) is 2.86. The Labute approximate surface area is 168 Å². The van der Waals surface area contributed by atoms with Gasteiger partial charge >= 0.3 is 0 Å². The Balaban J connectivity index is 2.02. The monoisotopic (exact) mass is 415 g/mol. The molecule has 140 valence electrons. The van der Waals surface area contributed by atoms with Crippen molar-refractivity contribution in [3.05, 3.63) is 92.5 Å². The van der Waals surface area contributed by atoms with Crippen LogP contribution in [0.25, 0.3) is 16.6 Å². The van der Waals surface area contributed by atoms with Gasteiger partial charge in [0.15, 0.2) is 5.82 Å². The molecule has 0 saturated carbocycles. The number of hydrogen-bond acceptors (Lipinski definition) is 5. The van der Waals surface area contributed by atoms with E-state index in [1.165, 1.54) is 22.8 Å². The molecule has 0 spiro atoms. The molecule has 3 N–H and O–H groups in total. The Morgan fingerprint density at radius 3 is 2.68 bits per heavy atom. The van der Waals surface area contributed by atoms with Gasteiger partial charge in [0.2, 0.25) is 0 Å². The summed E-state index contributed by atoms with van der Waals surface area (Å²) in [6.45, 7) is 0. The summed E-state index contributed by atoms with van der Waals surface area (Å²) in [6.07, 6.45) is 4.81. The van der Waals surface area contributed by atoms with E-state index in [-0.39, 0.29) is 22.1 Å². The highest BCUT2D eigenvalue weighted by Gasteiger charge is 2.20. The Hall–Kier alpha value is -3.16. The molecule has 0 atom stereocenters. The van der Waals surface area contributed by atoms with E-state index in [1.54, 1.807) is 30.6 Å². The van der Waals surface area contributed by atoms with Crippen LogP contribution in [0.2, 0.25) is 10.0 Å². The Bertz CT molecular complexity index is 1250. The molecule has 0 unspecified atom stereocenters. The summed E-state index contributed by atoms with van der Waals surface area (Å²) in [4.78, 5) is 17.7. The molecule has 3 aromatic rings. The minimum Gasteiger partial charge on any atom is -0.309 e. The molecule has 9 heteroatoms. The van der Waals surface area contributed by atoms with Crippen molar-refractivity contribution in [2.24, 2.45) is 0 Å². The van der Waals surface area contributed by atoms with Crippen LogP contribution in [0.5, 0.6) is 0 Å². The number of nitrogens with zero attached hydrogens (tertiary/aromatic N) is 2. The first-order valence-corrected chi connectivity index (χ1v) is 8.86. The van der Waals surface area contributed by atoms with E-state index < -0.39 is 11.4 Å². The van der Waals surface area contributed by atoms with Gasteiger partial charge in [0.1, 0.15) is 11.5 Å². The SMILES string of the molecule is N=C(c1ccc(F)cc1Cl)c1nc2ccc(Cl)cc2c(=O)n1C1=CNNC=C1. The fourth-order valence-corrected chi connectivity index (χ4v) is 3.29. The van der Waals surface area contributed by atoms with Gasteiger partial charge in [0.05, 0.1) is 21.6 Å². The molecule has 0 amide bonds. The van der Waals surface area contributed by atoms with E-state index in [0.29, 0.717) is 21.6 Å². The minimum absolute atomic E-state index is 0.0509. The maximum atomic E-state index is 13.4. The molecule has 2 heterocycles. The largest absolute Gasteiger partial charge is 0.309 e. The third-order valence-electron chi connectivity index (χ3n) is 4.15. The summed E-state index contributed by atoms with van der Waals surface area (Å²) in [5.74, 6) is -0.457. The Kier molecular flexibility index (Phi) is 4.62. The Morgan fingerprint density at radius 2 is 1.96 bits per heavy atom. The van der Waals surface area contributed by atoms with Crippen LogP contribution in [0.3, 0.4) is 0 Å². The quantitative estimate of drug-likeness (QED) is 0.569. The predicted octanol–water partition coefficient (Wildman–Crippen LogP) is 3.68. The molecule has 0 saturated heterocycles. The molecule has 2 aromatic carbocycles. The lowest BCUT2D eigenvalue weighted by atomic mass is 10.1. The van der Waals surface area contributed by atoms with E-state index in [0.717, 1.165) is 6.07 Å². The first-order chi connectivity index (χ1) is 13.5. The lowest BCUT2D eigenvalue weighted by molar-refractivity contribution is 0.628. The minimum atomic E-state index is -0.520. The summed E-state index contributed by atoms with van der Waals surface area (Å²) in [5.41, 5.74) is 6.13. The van der Waals surface area contributed by atoms with Gasteiger partial charge in [-0.3, -0.25) is 14.8 Å². The fraction of sp³-hybridized carbons (Fsp3) is 0. The van der Waals surface area contributed by atoms with Crippen molar-refractivity contribution in [1.82, 2.24) is 20.4 Å². The molecule has 1 aromatic heterocycles. The molecular weight excluding hydrogens is 404 g/mol. The summed E-state index contributed by atoms with van der Waals surface area (Å²) < 4.78 is 14.7. The molecular formula is C19H12Cl2FN5O. The van der Waals surface area contributed by atoms with Crippen molar-refractivity contribution in [2.45, 2.75) is 0 Å². The molecule has 28 heavy (non-hydrogen) atoms. The average molecular weight is 416 g/mol. The standard InChI is InChI=1S/C19H12Cl2FN5O/c20-10-1-4-16-14(7-10)19(28)27(12-5-6-24-25-9-12)18(26-16)17(23)13-3-2-11(22)8-15(13)21/h1-9,23-25H. The molecule has 1 aliphatic rings. The topological polar surface area (TPSA) is 82.8 Å². The van der Waals surface area contributed by atoms with Gasteiger partial charge < -0.3 is 10.9 Å². The zero-order chi connectivity index (χ0) is 19.8. The third-order valence-corrected chi connectivity index (χ3v) is 4.70.